The number of rotatable bonds is 11. The van der Waals surface area contributed by atoms with Crippen molar-refractivity contribution in [3.8, 4) is 17.2 Å². The van der Waals surface area contributed by atoms with Crippen LogP contribution >= 0.6 is 0 Å². The Morgan fingerprint density at radius 2 is 1.38 bits per heavy atom. The molecular weight excluding hydrogens is 412 g/mol. The van der Waals surface area contributed by atoms with Gasteiger partial charge in [0.15, 0.2) is 11.5 Å². The third-order valence-corrected chi connectivity index (χ3v) is 4.99. The summed E-state index contributed by atoms with van der Waals surface area (Å²) in [7, 11) is 1.54. The molecule has 0 fully saturated rings. The van der Waals surface area contributed by atoms with Crippen LogP contribution in [0.2, 0.25) is 0 Å². The van der Waals surface area contributed by atoms with Gasteiger partial charge in [0.2, 0.25) is 0 Å². The number of aliphatic carboxylic acids is 2. The lowest BCUT2D eigenvalue weighted by Crippen LogP contribution is -2.52. The van der Waals surface area contributed by atoms with E-state index in [0.717, 1.165) is 11.1 Å². The number of aryl methyl sites for hydroxylation is 1. The van der Waals surface area contributed by atoms with Gasteiger partial charge in [-0.15, -0.1) is 0 Å². The number of carboxylic acid groups (broad SMARTS) is 2. The molecule has 2 N–H and O–H groups in total. The second kappa shape index (κ2) is 10.3. The van der Waals surface area contributed by atoms with Crippen molar-refractivity contribution in [3.05, 3.63) is 90.0 Å². The Hall–Kier alpha value is -4.00. The fourth-order valence-corrected chi connectivity index (χ4v) is 3.13. The van der Waals surface area contributed by atoms with Crippen molar-refractivity contribution >= 4 is 11.9 Å². The zero-order chi connectivity index (χ0) is 23.0. The number of hydrogen-bond acceptors (Lipinski definition) is 5. The van der Waals surface area contributed by atoms with E-state index < -0.39 is 17.5 Å². The van der Waals surface area contributed by atoms with Crippen LogP contribution in [0, 0.1) is 0 Å². The Labute approximate surface area is 185 Å². The van der Waals surface area contributed by atoms with Crippen molar-refractivity contribution in [1.82, 2.24) is 0 Å². The van der Waals surface area contributed by atoms with Crippen LogP contribution in [0.4, 0.5) is 0 Å². The smallest absolute Gasteiger partial charge is 0.360 e. The molecule has 0 radical (unpaired) electrons. The minimum Gasteiger partial charge on any atom is -0.497 e. The van der Waals surface area contributed by atoms with Gasteiger partial charge in [-0.2, -0.15) is 0 Å². The monoisotopic (exact) mass is 436 g/mol. The number of hydrogen-bond donors (Lipinski definition) is 2. The highest BCUT2D eigenvalue weighted by Gasteiger charge is 2.49. The van der Waals surface area contributed by atoms with Crippen molar-refractivity contribution in [2.45, 2.75) is 25.0 Å². The summed E-state index contributed by atoms with van der Waals surface area (Å²) in [5.74, 6) is -2.22. The maximum absolute atomic E-state index is 12.1. The van der Waals surface area contributed by atoms with Gasteiger partial charge >= 0.3 is 17.5 Å². The molecule has 0 aliphatic carbocycles. The van der Waals surface area contributed by atoms with E-state index in [1.54, 1.807) is 49.6 Å². The minimum absolute atomic E-state index is 0.0444. The van der Waals surface area contributed by atoms with E-state index in [4.69, 9.17) is 14.2 Å². The summed E-state index contributed by atoms with van der Waals surface area (Å²) in [6.07, 6.45) is -0.105. The molecule has 0 heterocycles. The van der Waals surface area contributed by atoms with Crippen LogP contribution in [-0.2, 0) is 22.6 Å². The van der Waals surface area contributed by atoms with Gasteiger partial charge in [0.05, 0.1) is 7.11 Å². The molecule has 0 unspecified atom stereocenters. The van der Waals surface area contributed by atoms with Crippen molar-refractivity contribution in [1.29, 1.82) is 0 Å². The summed E-state index contributed by atoms with van der Waals surface area (Å²) >= 11 is 0. The van der Waals surface area contributed by atoms with Crippen LogP contribution in [0.15, 0.2) is 78.9 Å². The number of ether oxygens (including phenoxy) is 3. The Morgan fingerprint density at radius 3 is 1.97 bits per heavy atom. The molecule has 0 aromatic heterocycles. The molecule has 0 atom stereocenters. The third kappa shape index (κ3) is 5.37. The Balaban J connectivity index is 1.82. The van der Waals surface area contributed by atoms with Gasteiger partial charge in [-0.05, 0) is 41.8 Å². The van der Waals surface area contributed by atoms with Gasteiger partial charge in [-0.25, -0.2) is 9.59 Å². The van der Waals surface area contributed by atoms with Gasteiger partial charge < -0.3 is 24.4 Å². The molecule has 0 aliphatic heterocycles. The zero-order valence-corrected chi connectivity index (χ0v) is 17.6. The predicted octanol–water partition coefficient (Wildman–Crippen LogP) is 4.19. The second-order valence-corrected chi connectivity index (χ2v) is 7.11. The molecular formula is C25H24O7. The van der Waals surface area contributed by atoms with E-state index in [1.165, 1.54) is 6.07 Å². The Morgan fingerprint density at radius 1 is 0.781 bits per heavy atom. The van der Waals surface area contributed by atoms with E-state index >= 15 is 0 Å². The Bertz CT molecular complexity index is 1030. The summed E-state index contributed by atoms with van der Waals surface area (Å²) in [4.78, 5) is 24.2. The molecule has 3 aromatic carbocycles. The average Bonchev–Trinajstić information content (AvgIpc) is 2.81. The molecule has 0 aliphatic rings. The minimum atomic E-state index is -2.48. The molecule has 3 rings (SSSR count). The fourth-order valence-electron chi connectivity index (χ4n) is 3.13. The van der Waals surface area contributed by atoms with E-state index in [0.29, 0.717) is 5.75 Å². The van der Waals surface area contributed by atoms with Crippen molar-refractivity contribution < 1.29 is 34.0 Å². The standard InChI is InChI=1S/C25H24O7/c1-30-20-13-11-18(12-14-20)15-16-25(23(26)27,24(28)29)32-22-10-6-5-9-21(22)31-17-19-7-3-2-4-8-19/h2-14H,15-17H2,1H3,(H,26,27)(H,28,29). The van der Waals surface area contributed by atoms with E-state index in [2.05, 4.69) is 0 Å². The number of para-hydroxylation sites is 2. The lowest BCUT2D eigenvalue weighted by Gasteiger charge is -2.27. The van der Waals surface area contributed by atoms with Gasteiger partial charge in [0.25, 0.3) is 0 Å². The van der Waals surface area contributed by atoms with Crippen LogP contribution in [0.3, 0.4) is 0 Å². The first-order valence-electron chi connectivity index (χ1n) is 9.99. The molecule has 0 saturated carbocycles. The lowest BCUT2D eigenvalue weighted by atomic mass is 9.94. The predicted molar refractivity (Wildman–Crippen MR) is 117 cm³/mol. The van der Waals surface area contributed by atoms with E-state index in [9.17, 15) is 19.8 Å². The number of benzene rings is 3. The largest absolute Gasteiger partial charge is 0.497 e. The zero-order valence-electron chi connectivity index (χ0n) is 17.6. The van der Waals surface area contributed by atoms with Gasteiger partial charge in [-0.1, -0.05) is 54.6 Å². The molecule has 0 bridgehead atoms. The highest BCUT2D eigenvalue weighted by molar-refractivity contribution is 6.02. The number of methoxy groups -OCH3 is 1. The van der Waals surface area contributed by atoms with Gasteiger partial charge in [0.1, 0.15) is 12.4 Å². The SMILES string of the molecule is COc1ccc(CCC(Oc2ccccc2OCc2ccccc2)(C(=O)O)C(=O)O)cc1. The van der Waals surface area contributed by atoms with Crippen LogP contribution in [0.5, 0.6) is 17.2 Å². The summed E-state index contributed by atoms with van der Waals surface area (Å²) in [5.41, 5.74) is -0.814. The fraction of sp³-hybridized carbons (Fsp3) is 0.200. The summed E-state index contributed by atoms with van der Waals surface area (Å²) in [5, 5.41) is 19.7. The molecule has 166 valence electrons. The van der Waals surface area contributed by atoms with Gasteiger partial charge in [-0.3, -0.25) is 0 Å². The van der Waals surface area contributed by atoms with Gasteiger partial charge in [0, 0.05) is 6.42 Å². The highest BCUT2D eigenvalue weighted by Crippen LogP contribution is 2.33. The molecule has 0 spiro atoms. The highest BCUT2D eigenvalue weighted by atomic mass is 16.6. The Kier molecular flexibility index (Phi) is 7.33. The quantitative estimate of drug-likeness (QED) is 0.435. The van der Waals surface area contributed by atoms with Crippen LogP contribution in [-0.4, -0.2) is 34.9 Å². The average molecular weight is 436 g/mol. The molecule has 7 nitrogen and oxygen atoms in total. The molecule has 3 aromatic rings. The molecule has 0 amide bonds. The number of carboxylic acids is 2. The lowest BCUT2D eigenvalue weighted by molar-refractivity contribution is -0.173. The van der Waals surface area contributed by atoms with E-state index in [-0.39, 0.29) is 30.9 Å². The normalized spacial score (nSPS) is 10.9. The van der Waals surface area contributed by atoms with E-state index in [1.807, 2.05) is 30.3 Å². The maximum atomic E-state index is 12.1. The molecule has 7 heteroatoms. The third-order valence-electron chi connectivity index (χ3n) is 4.99. The number of carbonyl (C=O) groups is 2. The van der Waals surface area contributed by atoms with Crippen LogP contribution in [0.25, 0.3) is 0 Å². The van der Waals surface area contributed by atoms with Crippen molar-refractivity contribution in [2.24, 2.45) is 0 Å². The first kappa shape index (κ1) is 22.7. The first-order valence-corrected chi connectivity index (χ1v) is 9.99. The first-order chi connectivity index (χ1) is 15.4. The van der Waals surface area contributed by atoms with Crippen molar-refractivity contribution in [3.63, 3.8) is 0 Å². The summed E-state index contributed by atoms with van der Waals surface area (Å²) in [6.45, 7) is 0.222. The molecule has 32 heavy (non-hydrogen) atoms. The maximum Gasteiger partial charge on any atom is 0.360 e. The van der Waals surface area contributed by atoms with Crippen molar-refractivity contribution in [2.75, 3.05) is 7.11 Å². The van der Waals surface area contributed by atoms with Crippen LogP contribution in [0.1, 0.15) is 17.5 Å². The topological polar surface area (TPSA) is 102 Å². The summed E-state index contributed by atoms with van der Waals surface area (Å²) < 4.78 is 16.6. The second-order valence-electron chi connectivity index (χ2n) is 7.11. The molecule has 0 saturated heterocycles. The summed E-state index contributed by atoms with van der Waals surface area (Å²) in [6, 6.07) is 22.8. The van der Waals surface area contributed by atoms with Crippen LogP contribution < -0.4 is 14.2 Å².